The largest absolute Gasteiger partial charge is 0.495 e. The Labute approximate surface area is 141 Å². The third-order valence-corrected chi connectivity index (χ3v) is 5.35. The van der Waals surface area contributed by atoms with E-state index in [1.807, 2.05) is 0 Å². The minimum absolute atomic E-state index is 0.134. The molecule has 24 heavy (non-hydrogen) atoms. The summed E-state index contributed by atoms with van der Waals surface area (Å²) in [6.45, 7) is 0.624. The molecule has 0 amide bonds. The topological polar surface area (TPSA) is 55.8 Å². The van der Waals surface area contributed by atoms with Crippen molar-refractivity contribution >= 4 is 10.0 Å². The van der Waals surface area contributed by atoms with E-state index >= 15 is 0 Å². The van der Waals surface area contributed by atoms with Crippen molar-refractivity contribution in [1.82, 2.24) is 4.31 Å². The Morgan fingerprint density at radius 3 is 2.42 bits per heavy atom. The lowest BCUT2D eigenvalue weighted by Crippen LogP contribution is -2.29. The Bertz CT molecular complexity index is 762. The van der Waals surface area contributed by atoms with Crippen LogP contribution in [0.3, 0.4) is 0 Å². The number of hydrogen-bond acceptors (Lipinski definition) is 4. The lowest BCUT2D eigenvalue weighted by molar-refractivity contribution is 0.296. The smallest absolute Gasteiger partial charge is 0.246 e. The molecule has 0 bridgehead atoms. The van der Waals surface area contributed by atoms with Gasteiger partial charge >= 0.3 is 0 Å². The predicted molar refractivity (Wildman–Crippen MR) is 89.3 cm³/mol. The fourth-order valence-corrected chi connectivity index (χ4v) is 3.49. The van der Waals surface area contributed by atoms with E-state index in [-0.39, 0.29) is 10.7 Å². The van der Waals surface area contributed by atoms with E-state index in [1.54, 1.807) is 18.2 Å². The lowest BCUT2D eigenvalue weighted by Gasteiger charge is -2.18. The molecule has 2 aromatic carbocycles. The molecule has 0 heterocycles. The molecule has 0 N–H and O–H groups in total. The molecule has 0 saturated heterocycles. The lowest BCUT2D eigenvalue weighted by atomic mass is 10.3. The van der Waals surface area contributed by atoms with Gasteiger partial charge in [-0.05, 0) is 42.8 Å². The van der Waals surface area contributed by atoms with Crippen molar-refractivity contribution < 1.29 is 22.3 Å². The zero-order valence-corrected chi connectivity index (χ0v) is 14.4. The molecule has 0 aliphatic rings. The Morgan fingerprint density at radius 2 is 1.75 bits per heavy atom. The molecular formula is C17H20FNO4S. The van der Waals surface area contributed by atoms with Crippen molar-refractivity contribution in [2.24, 2.45) is 0 Å². The summed E-state index contributed by atoms with van der Waals surface area (Å²) in [5.74, 6) is 0.531. The molecule has 0 atom stereocenters. The van der Waals surface area contributed by atoms with Crippen LogP contribution in [0.4, 0.5) is 4.39 Å². The van der Waals surface area contributed by atoms with Gasteiger partial charge in [-0.2, -0.15) is 0 Å². The van der Waals surface area contributed by atoms with Crippen LogP contribution in [-0.4, -0.2) is 40.0 Å². The molecule has 130 valence electrons. The number of methoxy groups -OCH3 is 1. The second kappa shape index (κ2) is 8.12. The van der Waals surface area contributed by atoms with Gasteiger partial charge < -0.3 is 9.47 Å². The van der Waals surface area contributed by atoms with E-state index in [9.17, 15) is 12.8 Å². The number of nitrogens with zero attached hydrogens (tertiary/aromatic N) is 1. The summed E-state index contributed by atoms with van der Waals surface area (Å²) in [6.07, 6.45) is 0.502. The van der Waals surface area contributed by atoms with Crippen LogP contribution in [0.2, 0.25) is 0 Å². The number of benzene rings is 2. The van der Waals surface area contributed by atoms with Crippen LogP contribution in [0.5, 0.6) is 11.5 Å². The first-order valence-corrected chi connectivity index (χ1v) is 8.87. The van der Waals surface area contributed by atoms with Gasteiger partial charge in [0, 0.05) is 13.6 Å². The van der Waals surface area contributed by atoms with Crippen LogP contribution in [0, 0.1) is 5.82 Å². The van der Waals surface area contributed by atoms with E-state index in [4.69, 9.17) is 9.47 Å². The van der Waals surface area contributed by atoms with Crippen LogP contribution < -0.4 is 9.47 Å². The Kier molecular flexibility index (Phi) is 6.16. The predicted octanol–water partition coefficient (Wildman–Crippen LogP) is 2.92. The average molecular weight is 353 g/mol. The molecule has 0 aliphatic carbocycles. The molecule has 0 aromatic heterocycles. The molecule has 2 aromatic rings. The molecule has 7 heteroatoms. The fraction of sp³-hybridized carbons (Fsp3) is 0.294. The highest BCUT2D eigenvalue weighted by Gasteiger charge is 2.23. The van der Waals surface area contributed by atoms with E-state index in [0.717, 1.165) is 0 Å². The first-order chi connectivity index (χ1) is 11.4. The van der Waals surface area contributed by atoms with Gasteiger partial charge in [-0.25, -0.2) is 17.1 Å². The summed E-state index contributed by atoms with van der Waals surface area (Å²) in [5.41, 5.74) is 0. The highest BCUT2D eigenvalue weighted by atomic mass is 32.2. The van der Waals surface area contributed by atoms with Crippen LogP contribution in [0.15, 0.2) is 53.4 Å². The molecule has 0 radical (unpaired) electrons. The maximum Gasteiger partial charge on any atom is 0.246 e. The van der Waals surface area contributed by atoms with Crippen LogP contribution in [0.1, 0.15) is 6.42 Å². The van der Waals surface area contributed by atoms with Crippen LogP contribution >= 0.6 is 0 Å². The monoisotopic (exact) mass is 353 g/mol. The van der Waals surface area contributed by atoms with E-state index in [1.165, 1.54) is 48.8 Å². The molecule has 2 rings (SSSR count). The van der Waals surface area contributed by atoms with Crippen LogP contribution in [-0.2, 0) is 10.0 Å². The van der Waals surface area contributed by atoms with E-state index in [0.29, 0.717) is 31.1 Å². The molecule has 0 fully saturated rings. The normalized spacial score (nSPS) is 11.5. The number of sulfonamides is 1. The molecule has 5 nitrogen and oxygen atoms in total. The number of hydrogen-bond donors (Lipinski definition) is 0. The van der Waals surface area contributed by atoms with Crippen molar-refractivity contribution in [1.29, 1.82) is 0 Å². The van der Waals surface area contributed by atoms with Crippen molar-refractivity contribution in [2.75, 3.05) is 27.3 Å². The summed E-state index contributed by atoms with van der Waals surface area (Å²) < 4.78 is 49.8. The van der Waals surface area contributed by atoms with Gasteiger partial charge in [-0.15, -0.1) is 0 Å². The second-order valence-electron chi connectivity index (χ2n) is 5.13. The maximum atomic E-state index is 12.8. The fourth-order valence-electron chi connectivity index (χ4n) is 2.13. The average Bonchev–Trinajstić information content (AvgIpc) is 2.59. The van der Waals surface area contributed by atoms with Gasteiger partial charge in [-0.3, -0.25) is 0 Å². The van der Waals surface area contributed by atoms with Gasteiger partial charge in [0.25, 0.3) is 0 Å². The summed E-state index contributed by atoms with van der Waals surface area (Å²) >= 11 is 0. The summed E-state index contributed by atoms with van der Waals surface area (Å²) in [6, 6.07) is 12.2. The molecule has 0 unspecified atom stereocenters. The Morgan fingerprint density at radius 1 is 1.08 bits per heavy atom. The van der Waals surface area contributed by atoms with Crippen molar-refractivity contribution in [2.45, 2.75) is 11.3 Å². The molecular weight excluding hydrogens is 333 g/mol. The quantitative estimate of drug-likeness (QED) is 0.685. The standard InChI is InChI=1S/C17H20FNO4S/c1-19(12-5-13-23-15-10-8-14(18)9-11-15)24(20,21)17-7-4-3-6-16(17)22-2/h3-4,6-11H,5,12-13H2,1-2H3. The van der Waals surface area contributed by atoms with Crippen molar-refractivity contribution in [3.8, 4) is 11.5 Å². The number of rotatable bonds is 8. The Hall–Kier alpha value is -2.12. The van der Waals surface area contributed by atoms with Gasteiger partial charge in [-0.1, -0.05) is 12.1 Å². The van der Waals surface area contributed by atoms with Gasteiger partial charge in [0.05, 0.1) is 13.7 Å². The molecule has 0 aliphatic heterocycles. The summed E-state index contributed by atoms with van der Waals surface area (Å²) in [4.78, 5) is 0.134. The van der Waals surface area contributed by atoms with E-state index < -0.39 is 10.0 Å². The van der Waals surface area contributed by atoms with Gasteiger partial charge in [0.2, 0.25) is 10.0 Å². The van der Waals surface area contributed by atoms with E-state index in [2.05, 4.69) is 0 Å². The third kappa shape index (κ3) is 4.46. The number of para-hydroxylation sites is 1. The number of halogens is 1. The van der Waals surface area contributed by atoms with Gasteiger partial charge in [0.15, 0.2) is 0 Å². The first-order valence-electron chi connectivity index (χ1n) is 7.43. The van der Waals surface area contributed by atoms with Crippen LogP contribution in [0.25, 0.3) is 0 Å². The second-order valence-corrected chi connectivity index (χ2v) is 7.15. The summed E-state index contributed by atoms with van der Waals surface area (Å²) in [7, 11) is -0.680. The van der Waals surface area contributed by atoms with Crippen molar-refractivity contribution in [3.05, 3.63) is 54.3 Å². The minimum atomic E-state index is -3.63. The highest BCUT2D eigenvalue weighted by Crippen LogP contribution is 2.25. The Balaban J connectivity index is 1.91. The maximum absolute atomic E-state index is 12.8. The first kappa shape index (κ1) is 18.2. The van der Waals surface area contributed by atoms with Gasteiger partial charge in [0.1, 0.15) is 22.2 Å². The molecule has 0 saturated carbocycles. The third-order valence-electron chi connectivity index (χ3n) is 3.46. The highest BCUT2D eigenvalue weighted by molar-refractivity contribution is 7.89. The number of ether oxygens (including phenoxy) is 2. The van der Waals surface area contributed by atoms with Crippen molar-refractivity contribution in [3.63, 3.8) is 0 Å². The summed E-state index contributed by atoms with van der Waals surface area (Å²) in [5, 5.41) is 0. The SMILES string of the molecule is COc1ccccc1S(=O)(=O)N(C)CCCOc1ccc(F)cc1. The minimum Gasteiger partial charge on any atom is -0.495 e. The zero-order chi connectivity index (χ0) is 17.6. The zero-order valence-electron chi connectivity index (χ0n) is 13.6. The molecule has 0 spiro atoms.